The van der Waals surface area contributed by atoms with Crippen molar-refractivity contribution in [1.82, 2.24) is 19.9 Å². The third-order valence-corrected chi connectivity index (χ3v) is 4.05. The van der Waals surface area contributed by atoms with Crippen LogP contribution in [0.4, 0.5) is 5.95 Å². The molecule has 2 aromatic heterocycles. The Labute approximate surface area is 127 Å². The first-order chi connectivity index (χ1) is 10.7. The Kier molecular flexibility index (Phi) is 2.82. The van der Waals surface area contributed by atoms with Crippen LogP contribution >= 0.6 is 0 Å². The molecule has 0 fully saturated rings. The van der Waals surface area contributed by atoms with E-state index in [0.29, 0.717) is 18.7 Å². The normalized spacial score (nSPS) is 14.1. The van der Waals surface area contributed by atoms with Crippen molar-refractivity contribution in [3.8, 4) is 0 Å². The molecule has 0 saturated carbocycles. The minimum absolute atomic E-state index is 0.0133. The van der Waals surface area contributed by atoms with E-state index in [-0.39, 0.29) is 11.9 Å². The molecular formula is C16H15N5O. The predicted molar refractivity (Wildman–Crippen MR) is 83.2 cm³/mol. The van der Waals surface area contributed by atoms with Crippen molar-refractivity contribution < 1.29 is 4.79 Å². The van der Waals surface area contributed by atoms with E-state index in [1.165, 1.54) is 0 Å². The fourth-order valence-corrected chi connectivity index (χ4v) is 2.86. The van der Waals surface area contributed by atoms with Gasteiger partial charge < -0.3 is 15.6 Å². The Morgan fingerprint density at radius 1 is 1.32 bits per heavy atom. The van der Waals surface area contributed by atoms with Gasteiger partial charge in [-0.1, -0.05) is 6.07 Å². The summed E-state index contributed by atoms with van der Waals surface area (Å²) < 4.78 is 0. The molecule has 0 atom stereocenters. The zero-order valence-electron chi connectivity index (χ0n) is 11.9. The van der Waals surface area contributed by atoms with Crippen LogP contribution in [-0.4, -0.2) is 32.3 Å². The average molecular weight is 293 g/mol. The second-order valence-corrected chi connectivity index (χ2v) is 5.46. The lowest BCUT2D eigenvalue weighted by Crippen LogP contribution is -2.36. The topological polar surface area (TPSA) is 87.9 Å². The second kappa shape index (κ2) is 4.84. The molecule has 0 aliphatic carbocycles. The first kappa shape index (κ1) is 12.8. The average Bonchev–Trinajstić information content (AvgIpc) is 3.01. The monoisotopic (exact) mass is 293 g/mol. The molecule has 1 aliphatic rings. The molecule has 6 heteroatoms. The first-order valence-corrected chi connectivity index (χ1v) is 7.17. The van der Waals surface area contributed by atoms with E-state index >= 15 is 0 Å². The van der Waals surface area contributed by atoms with Gasteiger partial charge in [0.25, 0.3) is 5.91 Å². The number of benzene rings is 1. The highest BCUT2D eigenvalue weighted by molar-refractivity contribution is 5.98. The van der Waals surface area contributed by atoms with Crippen molar-refractivity contribution in [3.63, 3.8) is 0 Å². The largest absolute Gasteiger partial charge is 0.368 e. The molecule has 110 valence electrons. The highest BCUT2D eigenvalue weighted by Crippen LogP contribution is 2.21. The fraction of sp³-hybridized carbons (Fsp3) is 0.188. The third-order valence-electron chi connectivity index (χ3n) is 4.05. The molecule has 1 aliphatic heterocycles. The number of aromatic amines is 1. The summed E-state index contributed by atoms with van der Waals surface area (Å²) in [4.78, 5) is 25.9. The maximum atomic E-state index is 12.7. The summed E-state index contributed by atoms with van der Waals surface area (Å²) in [7, 11) is 0. The van der Waals surface area contributed by atoms with Crippen LogP contribution in [0.25, 0.3) is 10.9 Å². The number of carbonyl (C=O) groups is 1. The van der Waals surface area contributed by atoms with Crippen molar-refractivity contribution in [2.45, 2.75) is 13.0 Å². The molecule has 0 radical (unpaired) electrons. The van der Waals surface area contributed by atoms with Gasteiger partial charge in [0.1, 0.15) is 0 Å². The number of rotatable bonds is 1. The third kappa shape index (κ3) is 2.09. The lowest BCUT2D eigenvalue weighted by Gasteiger charge is -2.28. The summed E-state index contributed by atoms with van der Waals surface area (Å²) in [5.41, 5.74) is 9.19. The number of fused-ring (bicyclic) bond motifs is 2. The molecule has 3 N–H and O–H groups in total. The van der Waals surface area contributed by atoms with Gasteiger partial charge in [-0.3, -0.25) is 4.79 Å². The lowest BCUT2D eigenvalue weighted by molar-refractivity contribution is 0.0732. The predicted octanol–water partition coefficient (Wildman–Crippen LogP) is 1.74. The number of anilines is 1. The number of nitrogen functional groups attached to an aromatic ring is 1. The zero-order valence-corrected chi connectivity index (χ0v) is 11.9. The SMILES string of the molecule is Nc1ncc2c(n1)CN(C(=O)c1ccc3cc[nH]c3c1)CC2. The number of nitrogens with one attached hydrogen (secondary N) is 1. The maximum Gasteiger partial charge on any atom is 0.254 e. The minimum atomic E-state index is 0.0133. The molecule has 0 spiro atoms. The van der Waals surface area contributed by atoms with E-state index < -0.39 is 0 Å². The molecule has 0 saturated heterocycles. The second-order valence-electron chi connectivity index (χ2n) is 5.46. The number of hydrogen-bond donors (Lipinski definition) is 2. The van der Waals surface area contributed by atoms with Crippen LogP contribution in [0.1, 0.15) is 21.6 Å². The van der Waals surface area contributed by atoms with Crippen LogP contribution < -0.4 is 5.73 Å². The summed E-state index contributed by atoms with van der Waals surface area (Å²) in [6.45, 7) is 1.14. The van der Waals surface area contributed by atoms with Gasteiger partial charge in [-0.15, -0.1) is 0 Å². The molecule has 1 aromatic carbocycles. The Bertz CT molecular complexity index is 870. The molecule has 0 bridgehead atoms. The van der Waals surface area contributed by atoms with E-state index in [4.69, 9.17) is 5.73 Å². The van der Waals surface area contributed by atoms with Crippen LogP contribution in [0, 0.1) is 0 Å². The van der Waals surface area contributed by atoms with E-state index in [1.54, 1.807) is 11.1 Å². The van der Waals surface area contributed by atoms with Crippen LogP contribution in [0.15, 0.2) is 36.7 Å². The van der Waals surface area contributed by atoms with E-state index in [1.807, 2.05) is 30.5 Å². The highest BCUT2D eigenvalue weighted by atomic mass is 16.2. The molecule has 3 heterocycles. The van der Waals surface area contributed by atoms with Gasteiger partial charge in [-0.05, 0) is 35.6 Å². The lowest BCUT2D eigenvalue weighted by atomic mass is 10.1. The van der Waals surface area contributed by atoms with Crippen molar-refractivity contribution in [3.05, 3.63) is 53.5 Å². The summed E-state index contributed by atoms with van der Waals surface area (Å²) in [5.74, 6) is 0.264. The van der Waals surface area contributed by atoms with Crippen molar-refractivity contribution >= 4 is 22.8 Å². The van der Waals surface area contributed by atoms with Gasteiger partial charge in [0, 0.05) is 30.0 Å². The number of nitrogens with zero attached hydrogens (tertiary/aromatic N) is 3. The van der Waals surface area contributed by atoms with Gasteiger partial charge >= 0.3 is 0 Å². The summed E-state index contributed by atoms with van der Waals surface area (Å²) in [6, 6.07) is 7.70. The Hall–Kier alpha value is -2.89. The van der Waals surface area contributed by atoms with E-state index in [2.05, 4.69) is 15.0 Å². The number of H-pyrrole nitrogens is 1. The van der Waals surface area contributed by atoms with Gasteiger partial charge in [-0.2, -0.15) is 0 Å². The summed E-state index contributed by atoms with van der Waals surface area (Å²) in [6.07, 6.45) is 4.38. The number of hydrogen-bond acceptors (Lipinski definition) is 4. The van der Waals surface area contributed by atoms with Crippen LogP contribution in [-0.2, 0) is 13.0 Å². The molecule has 6 nitrogen and oxygen atoms in total. The molecule has 0 unspecified atom stereocenters. The Balaban J connectivity index is 1.63. The van der Waals surface area contributed by atoms with Crippen LogP contribution in [0.3, 0.4) is 0 Å². The molecule has 4 rings (SSSR count). The van der Waals surface area contributed by atoms with Crippen LogP contribution in [0.5, 0.6) is 0 Å². The van der Waals surface area contributed by atoms with E-state index in [0.717, 1.165) is 28.6 Å². The van der Waals surface area contributed by atoms with Gasteiger partial charge in [-0.25, -0.2) is 9.97 Å². The Morgan fingerprint density at radius 3 is 3.14 bits per heavy atom. The molecule has 3 aromatic rings. The van der Waals surface area contributed by atoms with Crippen LogP contribution in [0.2, 0.25) is 0 Å². The number of carbonyl (C=O) groups excluding carboxylic acids is 1. The van der Waals surface area contributed by atoms with Gasteiger partial charge in [0.2, 0.25) is 5.95 Å². The highest BCUT2D eigenvalue weighted by Gasteiger charge is 2.23. The van der Waals surface area contributed by atoms with Crippen molar-refractivity contribution in [1.29, 1.82) is 0 Å². The fourth-order valence-electron chi connectivity index (χ4n) is 2.86. The van der Waals surface area contributed by atoms with Gasteiger partial charge in [0.15, 0.2) is 0 Å². The summed E-state index contributed by atoms with van der Waals surface area (Å²) in [5, 5.41) is 1.10. The van der Waals surface area contributed by atoms with Crippen molar-refractivity contribution in [2.75, 3.05) is 12.3 Å². The first-order valence-electron chi connectivity index (χ1n) is 7.17. The quantitative estimate of drug-likeness (QED) is 0.715. The Morgan fingerprint density at radius 2 is 2.23 bits per heavy atom. The number of aromatic nitrogens is 3. The standard InChI is InChI=1S/C16H15N5O/c17-16-19-8-12-4-6-21(9-14(12)20-16)15(22)11-2-1-10-3-5-18-13(10)7-11/h1-3,5,7-8,18H,4,6,9H2,(H2,17,19,20). The zero-order chi connectivity index (χ0) is 15.1. The summed E-state index contributed by atoms with van der Waals surface area (Å²) >= 11 is 0. The molecular weight excluding hydrogens is 278 g/mol. The number of nitrogens with two attached hydrogens (primary N) is 1. The van der Waals surface area contributed by atoms with Gasteiger partial charge in [0.05, 0.1) is 12.2 Å². The minimum Gasteiger partial charge on any atom is -0.368 e. The smallest absolute Gasteiger partial charge is 0.254 e. The maximum absolute atomic E-state index is 12.7. The van der Waals surface area contributed by atoms with Crippen molar-refractivity contribution in [2.24, 2.45) is 0 Å². The van der Waals surface area contributed by atoms with E-state index in [9.17, 15) is 4.79 Å². The molecule has 22 heavy (non-hydrogen) atoms. The molecule has 1 amide bonds. The number of amides is 1.